The van der Waals surface area contributed by atoms with Gasteiger partial charge in [0.25, 0.3) is 0 Å². The minimum atomic E-state index is -0.654. The number of hydrogen-bond donors (Lipinski definition) is 0. The summed E-state index contributed by atoms with van der Waals surface area (Å²) in [4.78, 5) is 26.7. The van der Waals surface area contributed by atoms with E-state index in [4.69, 9.17) is 0 Å². The monoisotopic (exact) mass is 169 g/mol. The standard InChI is InChI=1S/C8H11NO3/c1-12-9-5-6-7(10)3-2-4-8(6)11/h5-6H,2-4H2,1H3/b9-5-. The zero-order valence-electron chi connectivity index (χ0n) is 6.95. The second kappa shape index (κ2) is 3.99. The SMILES string of the molecule is CO/N=C\C1C(=O)CCCC1=O. The lowest BCUT2D eigenvalue weighted by atomic mass is 9.88. The molecular formula is C8H11NO3. The van der Waals surface area contributed by atoms with Crippen LogP contribution in [0.15, 0.2) is 5.16 Å². The molecule has 0 aromatic heterocycles. The summed E-state index contributed by atoms with van der Waals surface area (Å²) in [5.74, 6) is -0.752. The topological polar surface area (TPSA) is 55.7 Å². The number of ketones is 2. The highest BCUT2D eigenvalue weighted by Gasteiger charge is 2.28. The summed E-state index contributed by atoms with van der Waals surface area (Å²) >= 11 is 0. The van der Waals surface area contributed by atoms with Crippen LogP contribution in [0.3, 0.4) is 0 Å². The molecule has 0 heterocycles. The van der Waals surface area contributed by atoms with E-state index in [-0.39, 0.29) is 11.6 Å². The minimum Gasteiger partial charge on any atom is -0.399 e. The van der Waals surface area contributed by atoms with E-state index in [1.807, 2.05) is 0 Å². The molecule has 0 radical (unpaired) electrons. The number of nitrogens with zero attached hydrogens (tertiary/aromatic N) is 1. The molecule has 1 aliphatic rings. The summed E-state index contributed by atoms with van der Waals surface area (Å²) in [6.45, 7) is 0. The molecule has 0 bridgehead atoms. The molecule has 0 atom stereocenters. The van der Waals surface area contributed by atoms with Gasteiger partial charge in [0.2, 0.25) is 0 Å². The summed E-state index contributed by atoms with van der Waals surface area (Å²) in [6, 6.07) is 0. The maximum atomic E-state index is 11.1. The summed E-state index contributed by atoms with van der Waals surface area (Å²) in [5, 5.41) is 3.43. The maximum absolute atomic E-state index is 11.1. The molecule has 12 heavy (non-hydrogen) atoms. The number of oxime groups is 1. The van der Waals surface area contributed by atoms with Gasteiger partial charge in [-0.25, -0.2) is 0 Å². The predicted octanol–water partition coefficient (Wildman–Crippen LogP) is 0.557. The third kappa shape index (κ3) is 1.90. The lowest BCUT2D eigenvalue weighted by Crippen LogP contribution is -2.29. The van der Waals surface area contributed by atoms with Crippen LogP contribution in [0, 0.1) is 5.92 Å². The lowest BCUT2D eigenvalue weighted by Gasteiger charge is -2.14. The molecule has 1 rings (SSSR count). The Morgan fingerprint density at radius 2 is 2.00 bits per heavy atom. The van der Waals surface area contributed by atoms with Gasteiger partial charge in [-0.05, 0) is 6.42 Å². The maximum Gasteiger partial charge on any atom is 0.148 e. The molecule has 0 spiro atoms. The van der Waals surface area contributed by atoms with Crippen molar-refractivity contribution in [1.82, 2.24) is 0 Å². The molecule has 66 valence electrons. The third-order valence-electron chi connectivity index (χ3n) is 1.86. The average molecular weight is 169 g/mol. The third-order valence-corrected chi connectivity index (χ3v) is 1.86. The van der Waals surface area contributed by atoms with Crippen molar-refractivity contribution in [2.24, 2.45) is 11.1 Å². The fraction of sp³-hybridized carbons (Fsp3) is 0.625. The Labute approximate surface area is 70.6 Å². The van der Waals surface area contributed by atoms with E-state index in [9.17, 15) is 9.59 Å². The first-order valence-electron chi connectivity index (χ1n) is 3.88. The van der Waals surface area contributed by atoms with Crippen molar-refractivity contribution in [3.63, 3.8) is 0 Å². The van der Waals surface area contributed by atoms with Crippen molar-refractivity contribution in [1.29, 1.82) is 0 Å². The molecule has 4 heteroatoms. The summed E-state index contributed by atoms with van der Waals surface area (Å²) in [6.07, 6.45) is 2.91. The first kappa shape index (κ1) is 8.90. The zero-order valence-corrected chi connectivity index (χ0v) is 6.95. The first-order chi connectivity index (χ1) is 5.75. The van der Waals surface area contributed by atoms with E-state index < -0.39 is 5.92 Å². The molecular weight excluding hydrogens is 158 g/mol. The number of rotatable bonds is 2. The van der Waals surface area contributed by atoms with Crippen LogP contribution in [-0.4, -0.2) is 24.9 Å². The van der Waals surface area contributed by atoms with Gasteiger partial charge in [0.05, 0.1) is 6.21 Å². The van der Waals surface area contributed by atoms with Crippen LogP contribution in [0.5, 0.6) is 0 Å². The molecule has 1 aliphatic carbocycles. The Hall–Kier alpha value is -1.19. The average Bonchev–Trinajstić information content (AvgIpc) is 2.04. The molecule has 1 fully saturated rings. The number of carbonyl (C=O) groups is 2. The van der Waals surface area contributed by atoms with Gasteiger partial charge in [-0.2, -0.15) is 0 Å². The van der Waals surface area contributed by atoms with Crippen molar-refractivity contribution < 1.29 is 14.4 Å². The van der Waals surface area contributed by atoms with E-state index in [0.717, 1.165) is 0 Å². The van der Waals surface area contributed by atoms with E-state index in [1.165, 1.54) is 13.3 Å². The molecule has 0 aromatic carbocycles. The van der Waals surface area contributed by atoms with Crippen molar-refractivity contribution in [3.05, 3.63) is 0 Å². The highest BCUT2D eigenvalue weighted by molar-refractivity contribution is 6.15. The Balaban J connectivity index is 2.63. The number of hydrogen-bond acceptors (Lipinski definition) is 4. The Morgan fingerprint density at radius 3 is 2.50 bits per heavy atom. The van der Waals surface area contributed by atoms with Gasteiger partial charge < -0.3 is 4.84 Å². The van der Waals surface area contributed by atoms with Gasteiger partial charge in [-0.15, -0.1) is 0 Å². The van der Waals surface area contributed by atoms with Gasteiger partial charge in [-0.1, -0.05) is 5.16 Å². The van der Waals surface area contributed by atoms with Crippen LogP contribution in [0.4, 0.5) is 0 Å². The van der Waals surface area contributed by atoms with Gasteiger partial charge >= 0.3 is 0 Å². The quantitative estimate of drug-likeness (QED) is 0.344. The number of Topliss-reactive ketones (excluding diaryl/α,β-unsaturated/α-hetero) is 2. The lowest BCUT2D eigenvalue weighted by molar-refractivity contribution is -0.132. The normalized spacial score (nSPS) is 20.4. The Kier molecular flexibility index (Phi) is 2.96. The summed E-state index contributed by atoms with van der Waals surface area (Å²) in [7, 11) is 1.38. The van der Waals surface area contributed by atoms with Crippen molar-refractivity contribution >= 4 is 17.8 Å². The highest BCUT2D eigenvalue weighted by Crippen LogP contribution is 2.15. The van der Waals surface area contributed by atoms with Crippen LogP contribution in [0.1, 0.15) is 19.3 Å². The van der Waals surface area contributed by atoms with Crippen LogP contribution in [0.2, 0.25) is 0 Å². The molecule has 0 unspecified atom stereocenters. The Bertz CT molecular complexity index is 206. The highest BCUT2D eigenvalue weighted by atomic mass is 16.6. The van der Waals surface area contributed by atoms with Crippen LogP contribution >= 0.6 is 0 Å². The van der Waals surface area contributed by atoms with Crippen LogP contribution < -0.4 is 0 Å². The molecule has 1 saturated carbocycles. The second-order valence-corrected chi connectivity index (χ2v) is 2.70. The first-order valence-corrected chi connectivity index (χ1v) is 3.88. The molecule has 0 aliphatic heterocycles. The summed E-state index contributed by atoms with van der Waals surface area (Å²) < 4.78 is 0. The van der Waals surface area contributed by atoms with Gasteiger partial charge in [0, 0.05) is 12.8 Å². The van der Waals surface area contributed by atoms with E-state index >= 15 is 0 Å². The fourth-order valence-electron chi connectivity index (χ4n) is 1.22. The van der Waals surface area contributed by atoms with Gasteiger partial charge in [0.15, 0.2) is 0 Å². The molecule has 0 aromatic rings. The summed E-state index contributed by atoms with van der Waals surface area (Å²) in [5.41, 5.74) is 0. The molecule has 4 nitrogen and oxygen atoms in total. The number of carbonyl (C=O) groups excluding carboxylic acids is 2. The molecule has 0 amide bonds. The van der Waals surface area contributed by atoms with Gasteiger partial charge in [0.1, 0.15) is 24.6 Å². The van der Waals surface area contributed by atoms with Crippen LogP contribution in [0.25, 0.3) is 0 Å². The van der Waals surface area contributed by atoms with E-state index in [0.29, 0.717) is 19.3 Å². The minimum absolute atomic E-state index is 0.0490. The largest absolute Gasteiger partial charge is 0.399 e. The van der Waals surface area contributed by atoms with Crippen molar-refractivity contribution in [3.8, 4) is 0 Å². The Morgan fingerprint density at radius 1 is 1.42 bits per heavy atom. The zero-order chi connectivity index (χ0) is 8.97. The van der Waals surface area contributed by atoms with Crippen molar-refractivity contribution in [2.45, 2.75) is 19.3 Å². The predicted molar refractivity (Wildman–Crippen MR) is 42.9 cm³/mol. The van der Waals surface area contributed by atoms with Crippen molar-refractivity contribution in [2.75, 3.05) is 7.11 Å². The van der Waals surface area contributed by atoms with E-state index in [2.05, 4.69) is 9.99 Å². The fourth-order valence-corrected chi connectivity index (χ4v) is 1.22. The molecule has 0 N–H and O–H groups in total. The van der Waals surface area contributed by atoms with Crippen LogP contribution in [-0.2, 0) is 14.4 Å². The smallest absolute Gasteiger partial charge is 0.148 e. The second-order valence-electron chi connectivity index (χ2n) is 2.70. The van der Waals surface area contributed by atoms with Gasteiger partial charge in [-0.3, -0.25) is 9.59 Å². The van der Waals surface area contributed by atoms with E-state index in [1.54, 1.807) is 0 Å². The molecule has 0 saturated heterocycles.